The van der Waals surface area contributed by atoms with Gasteiger partial charge in [0, 0.05) is 12.5 Å². The molecule has 2 fully saturated rings. The van der Waals surface area contributed by atoms with Crippen molar-refractivity contribution in [3.8, 4) is 0 Å². The number of carboxylic acids is 1. The Labute approximate surface area is 122 Å². The van der Waals surface area contributed by atoms with Crippen molar-refractivity contribution < 1.29 is 14.4 Å². The number of fused-ring (bicyclic) bond motifs is 1. The van der Waals surface area contributed by atoms with E-state index in [0.29, 0.717) is 17.8 Å². The highest BCUT2D eigenvalue weighted by Crippen LogP contribution is 2.40. The number of piperidine rings is 1. The van der Waals surface area contributed by atoms with Gasteiger partial charge in [-0.15, -0.1) is 0 Å². The van der Waals surface area contributed by atoms with Crippen LogP contribution in [-0.4, -0.2) is 28.8 Å². The molecule has 6 nitrogen and oxygen atoms in total. The number of aromatic amines is 1. The predicted molar refractivity (Wildman–Crippen MR) is 76.0 cm³/mol. The third-order valence-corrected chi connectivity index (χ3v) is 5.09. The van der Waals surface area contributed by atoms with E-state index < -0.39 is 5.97 Å². The number of H-pyrrole nitrogens is 1. The van der Waals surface area contributed by atoms with Gasteiger partial charge in [-0.3, -0.25) is 9.59 Å². The van der Waals surface area contributed by atoms with Crippen molar-refractivity contribution in [3.63, 3.8) is 0 Å². The molecule has 1 saturated heterocycles. The maximum Gasteiger partial charge on any atom is 0.320 e. The number of rotatable bonds is 4. The Balaban J connectivity index is 1.52. The predicted octanol–water partition coefficient (Wildman–Crippen LogP) is 1.38. The highest BCUT2D eigenvalue weighted by Gasteiger charge is 2.37. The fourth-order valence-corrected chi connectivity index (χ4v) is 3.90. The van der Waals surface area contributed by atoms with E-state index in [-0.39, 0.29) is 11.6 Å². The number of carbonyl (C=O) groups is 1. The summed E-state index contributed by atoms with van der Waals surface area (Å²) in [6.45, 7) is 0.834. The van der Waals surface area contributed by atoms with Crippen LogP contribution in [0, 0.1) is 17.8 Å². The van der Waals surface area contributed by atoms with Crippen LogP contribution in [0.1, 0.15) is 37.9 Å². The zero-order valence-electron chi connectivity index (χ0n) is 12.0. The van der Waals surface area contributed by atoms with Crippen LogP contribution >= 0.6 is 0 Å². The first-order chi connectivity index (χ1) is 10.1. The van der Waals surface area contributed by atoms with E-state index in [4.69, 9.17) is 9.63 Å². The minimum Gasteiger partial charge on any atom is -0.480 e. The van der Waals surface area contributed by atoms with Crippen molar-refractivity contribution >= 4 is 5.97 Å². The number of hydrogen-bond acceptors (Lipinski definition) is 4. The van der Waals surface area contributed by atoms with Gasteiger partial charge in [-0.1, -0.05) is 6.42 Å². The van der Waals surface area contributed by atoms with E-state index >= 15 is 0 Å². The molecule has 1 aliphatic heterocycles. The quantitative estimate of drug-likeness (QED) is 0.779. The lowest BCUT2D eigenvalue weighted by Gasteiger charge is -2.41. The second kappa shape index (κ2) is 6.05. The fourth-order valence-electron chi connectivity index (χ4n) is 3.90. The van der Waals surface area contributed by atoms with Crippen LogP contribution in [0.4, 0.5) is 0 Å². The van der Waals surface area contributed by atoms with Crippen LogP contribution in [0.25, 0.3) is 0 Å². The lowest BCUT2D eigenvalue weighted by Crippen LogP contribution is -2.49. The van der Waals surface area contributed by atoms with E-state index in [1.807, 2.05) is 0 Å². The molecule has 3 rings (SSSR count). The summed E-state index contributed by atoms with van der Waals surface area (Å²) in [5.41, 5.74) is -0.184. The molecular formula is C15H22N2O4. The molecule has 0 unspecified atom stereocenters. The van der Waals surface area contributed by atoms with E-state index in [1.165, 1.54) is 18.9 Å². The third-order valence-electron chi connectivity index (χ3n) is 5.09. The molecule has 2 heterocycles. The van der Waals surface area contributed by atoms with Gasteiger partial charge in [-0.05, 0) is 50.0 Å². The number of aromatic nitrogens is 1. The number of nitrogens with one attached hydrogen (secondary N) is 2. The molecule has 0 bridgehead atoms. The van der Waals surface area contributed by atoms with Gasteiger partial charge in [0.2, 0.25) is 0 Å². The lowest BCUT2D eigenvalue weighted by atomic mass is 9.69. The zero-order chi connectivity index (χ0) is 14.8. The van der Waals surface area contributed by atoms with Gasteiger partial charge in [-0.2, -0.15) is 5.16 Å². The monoisotopic (exact) mass is 294 g/mol. The average Bonchev–Trinajstić information content (AvgIpc) is 2.90. The Morgan fingerprint density at radius 3 is 2.90 bits per heavy atom. The van der Waals surface area contributed by atoms with E-state index in [9.17, 15) is 9.59 Å². The van der Waals surface area contributed by atoms with Crippen LogP contribution < -0.4 is 10.9 Å². The lowest BCUT2D eigenvalue weighted by molar-refractivity contribution is -0.141. The molecule has 6 heteroatoms. The third kappa shape index (κ3) is 3.37. The van der Waals surface area contributed by atoms with Crippen molar-refractivity contribution in [1.82, 2.24) is 10.5 Å². The van der Waals surface area contributed by atoms with Gasteiger partial charge in [0.1, 0.15) is 11.8 Å². The molecule has 0 spiro atoms. The second-order valence-corrected chi connectivity index (χ2v) is 6.45. The summed E-state index contributed by atoms with van der Waals surface area (Å²) in [6.07, 6.45) is 6.00. The molecule has 1 aromatic rings. The van der Waals surface area contributed by atoms with Gasteiger partial charge >= 0.3 is 5.97 Å². The molecule has 116 valence electrons. The Hall–Kier alpha value is -1.56. The number of carboxylic acid groups (broad SMARTS) is 1. The Morgan fingerprint density at radius 1 is 1.33 bits per heavy atom. The van der Waals surface area contributed by atoms with Crippen LogP contribution in [0.15, 0.2) is 15.4 Å². The Kier molecular flexibility index (Phi) is 4.14. The van der Waals surface area contributed by atoms with Gasteiger partial charge in [0.25, 0.3) is 5.56 Å². The maximum absolute atomic E-state index is 11.1. The molecule has 1 aliphatic carbocycles. The topological polar surface area (TPSA) is 95.3 Å². The van der Waals surface area contributed by atoms with Crippen molar-refractivity contribution in [1.29, 1.82) is 0 Å². The van der Waals surface area contributed by atoms with Crippen molar-refractivity contribution in [3.05, 3.63) is 22.2 Å². The molecule has 1 saturated carbocycles. The molecule has 0 aromatic carbocycles. The van der Waals surface area contributed by atoms with E-state index in [1.54, 1.807) is 0 Å². The first-order valence-corrected chi connectivity index (χ1v) is 7.75. The van der Waals surface area contributed by atoms with Crippen molar-refractivity contribution in [2.75, 3.05) is 6.54 Å². The standard InChI is InChI=1S/C15H22N2O4/c18-14-7-12(21-17-14)4-2-9-1-3-10-8-16-13(15(19)20)6-11(10)5-9/h7,9-11,13,16H,1-6,8H2,(H,17,18)(H,19,20)/t9-,10+,11-,13+/m1/s1. The molecule has 2 aliphatic rings. The normalized spacial score (nSPS) is 32.6. The average molecular weight is 294 g/mol. The SMILES string of the molecule is O=C(O)[C@@H]1C[C@H]2C[C@@H](CCc3cc(=O)[nH]o3)CC[C@H]2CN1. The molecule has 0 amide bonds. The Bertz CT molecular complexity index is 550. The minimum absolute atomic E-state index is 0.184. The van der Waals surface area contributed by atoms with Crippen LogP contribution in [-0.2, 0) is 11.2 Å². The maximum atomic E-state index is 11.1. The van der Waals surface area contributed by atoms with Gasteiger partial charge in [0.15, 0.2) is 0 Å². The summed E-state index contributed by atoms with van der Waals surface area (Å²) in [4.78, 5) is 22.1. The molecule has 1 aromatic heterocycles. The first-order valence-electron chi connectivity index (χ1n) is 7.75. The summed E-state index contributed by atoms with van der Waals surface area (Å²) < 4.78 is 5.09. The summed E-state index contributed by atoms with van der Waals surface area (Å²) >= 11 is 0. The van der Waals surface area contributed by atoms with Crippen molar-refractivity contribution in [2.45, 2.75) is 44.6 Å². The van der Waals surface area contributed by atoms with E-state index in [0.717, 1.165) is 38.0 Å². The smallest absolute Gasteiger partial charge is 0.320 e. The van der Waals surface area contributed by atoms with Gasteiger partial charge in [0.05, 0.1) is 0 Å². The number of aryl methyl sites for hydroxylation is 1. The molecular weight excluding hydrogens is 272 g/mol. The second-order valence-electron chi connectivity index (χ2n) is 6.45. The molecule has 0 radical (unpaired) electrons. The van der Waals surface area contributed by atoms with Crippen molar-refractivity contribution in [2.24, 2.45) is 17.8 Å². The zero-order valence-corrected chi connectivity index (χ0v) is 12.0. The first kappa shape index (κ1) is 14.4. The highest BCUT2D eigenvalue weighted by molar-refractivity contribution is 5.73. The summed E-state index contributed by atoms with van der Waals surface area (Å²) in [7, 11) is 0. The van der Waals surface area contributed by atoms with Crippen LogP contribution in [0.2, 0.25) is 0 Å². The molecule has 4 atom stereocenters. The largest absolute Gasteiger partial charge is 0.480 e. The number of hydrogen-bond donors (Lipinski definition) is 3. The van der Waals surface area contributed by atoms with Crippen LogP contribution in [0.5, 0.6) is 0 Å². The van der Waals surface area contributed by atoms with Crippen LogP contribution in [0.3, 0.4) is 0 Å². The summed E-state index contributed by atoms with van der Waals surface area (Å²) in [5.74, 6) is 1.74. The minimum atomic E-state index is -0.732. The van der Waals surface area contributed by atoms with Gasteiger partial charge in [-0.25, -0.2) is 0 Å². The highest BCUT2D eigenvalue weighted by atomic mass is 16.5. The Morgan fingerprint density at radius 2 is 2.19 bits per heavy atom. The van der Waals surface area contributed by atoms with Gasteiger partial charge < -0.3 is 14.9 Å². The number of aliphatic carboxylic acids is 1. The molecule has 3 N–H and O–H groups in total. The molecule has 21 heavy (non-hydrogen) atoms. The van der Waals surface area contributed by atoms with E-state index in [2.05, 4.69) is 10.5 Å². The summed E-state index contributed by atoms with van der Waals surface area (Å²) in [6, 6.07) is 1.13. The fraction of sp³-hybridized carbons (Fsp3) is 0.733. The summed E-state index contributed by atoms with van der Waals surface area (Å²) in [5, 5.41) is 14.6.